The Morgan fingerprint density at radius 3 is 2.33 bits per heavy atom. The van der Waals surface area contributed by atoms with Crippen LogP contribution < -0.4 is 10.5 Å². The molecule has 33 heavy (non-hydrogen) atoms. The Balaban J connectivity index is 1.72. The molecule has 1 saturated heterocycles. The second kappa shape index (κ2) is 10.4. The largest absolute Gasteiger partial charge is 0.507 e. The Hall–Kier alpha value is -2.80. The van der Waals surface area contributed by atoms with Crippen LogP contribution in [-0.2, 0) is 11.3 Å². The van der Waals surface area contributed by atoms with Gasteiger partial charge in [-0.1, -0.05) is 41.9 Å². The number of hydrogen-bond donors (Lipinski definition) is 1. The summed E-state index contributed by atoms with van der Waals surface area (Å²) in [5.41, 5.74) is 3.05. The van der Waals surface area contributed by atoms with Crippen molar-refractivity contribution in [3.05, 3.63) is 92.9 Å². The minimum absolute atomic E-state index is 0.0246. The van der Waals surface area contributed by atoms with Crippen LogP contribution in [0.15, 0.2) is 65.5 Å². The highest BCUT2D eigenvalue weighted by Gasteiger charge is 2.31. The molecule has 0 saturated carbocycles. The number of halogens is 1. The molecular weight excluding hydrogens is 438 g/mol. The lowest BCUT2D eigenvalue weighted by atomic mass is 9.96. The van der Waals surface area contributed by atoms with Gasteiger partial charge in [-0.3, -0.25) is 9.69 Å². The fourth-order valence-electron chi connectivity index (χ4n) is 4.57. The first-order valence-corrected chi connectivity index (χ1v) is 11.6. The van der Waals surface area contributed by atoms with E-state index in [-0.39, 0.29) is 17.4 Å². The zero-order chi connectivity index (χ0) is 23.4. The molecule has 1 aliphatic rings. The van der Waals surface area contributed by atoms with Crippen molar-refractivity contribution in [2.75, 3.05) is 44.8 Å². The van der Waals surface area contributed by atoms with Crippen LogP contribution >= 0.6 is 11.6 Å². The molecule has 1 unspecified atom stereocenters. The van der Waals surface area contributed by atoms with Crippen molar-refractivity contribution in [3.63, 3.8) is 0 Å². The molecule has 0 aliphatic carbocycles. The monoisotopic (exact) mass is 467 g/mol. The van der Waals surface area contributed by atoms with Crippen molar-refractivity contribution < 1.29 is 9.84 Å². The molecule has 0 radical (unpaired) electrons. The Kier molecular flexibility index (Phi) is 7.38. The van der Waals surface area contributed by atoms with Gasteiger partial charge >= 0.3 is 0 Å². The first-order valence-electron chi connectivity index (χ1n) is 11.2. The molecule has 0 spiro atoms. The van der Waals surface area contributed by atoms with Crippen LogP contribution in [0.1, 0.15) is 22.9 Å². The molecule has 2 aromatic carbocycles. The molecule has 3 aromatic rings. The third-order valence-corrected chi connectivity index (χ3v) is 6.55. The summed E-state index contributed by atoms with van der Waals surface area (Å²) in [6.45, 7) is 5.86. The highest BCUT2D eigenvalue weighted by atomic mass is 35.5. The quantitative estimate of drug-likeness (QED) is 0.567. The molecule has 1 aliphatic heterocycles. The molecule has 2 heterocycles. The van der Waals surface area contributed by atoms with Gasteiger partial charge in [0, 0.05) is 56.2 Å². The number of methoxy groups -OCH3 is 1. The Morgan fingerprint density at radius 2 is 1.70 bits per heavy atom. The first-order chi connectivity index (χ1) is 16.0. The summed E-state index contributed by atoms with van der Waals surface area (Å²) in [6, 6.07) is 19.2. The smallest absolute Gasteiger partial charge is 0.259 e. The third kappa shape index (κ3) is 5.08. The van der Waals surface area contributed by atoms with Gasteiger partial charge in [-0.2, -0.15) is 0 Å². The summed E-state index contributed by atoms with van der Waals surface area (Å²) in [5, 5.41) is 11.6. The van der Waals surface area contributed by atoms with E-state index in [2.05, 4.69) is 21.9 Å². The van der Waals surface area contributed by atoms with Crippen LogP contribution in [0.3, 0.4) is 0 Å². The number of pyridine rings is 1. The zero-order valence-corrected chi connectivity index (χ0v) is 19.8. The van der Waals surface area contributed by atoms with Gasteiger partial charge in [-0.15, -0.1) is 0 Å². The van der Waals surface area contributed by atoms with Crippen LogP contribution in [0, 0.1) is 6.92 Å². The van der Waals surface area contributed by atoms with Gasteiger partial charge in [0.15, 0.2) is 0 Å². The number of anilines is 1. The van der Waals surface area contributed by atoms with E-state index in [4.69, 9.17) is 16.3 Å². The van der Waals surface area contributed by atoms with Crippen molar-refractivity contribution in [1.82, 2.24) is 9.47 Å². The number of benzene rings is 2. The number of hydrogen-bond acceptors (Lipinski definition) is 5. The third-order valence-electron chi connectivity index (χ3n) is 6.30. The molecule has 174 valence electrons. The normalized spacial score (nSPS) is 15.5. The number of para-hydroxylation sites is 1. The van der Waals surface area contributed by atoms with Gasteiger partial charge in [0.25, 0.3) is 5.56 Å². The summed E-state index contributed by atoms with van der Waals surface area (Å²) >= 11 is 6.15. The Bertz CT molecular complexity index is 1120. The first kappa shape index (κ1) is 23.4. The number of aromatic hydroxyl groups is 1. The average molecular weight is 468 g/mol. The Labute approximate surface area is 199 Å². The molecule has 1 N–H and O–H groups in total. The number of aromatic nitrogens is 1. The van der Waals surface area contributed by atoms with E-state index in [1.54, 1.807) is 17.7 Å². The molecule has 0 amide bonds. The van der Waals surface area contributed by atoms with E-state index in [9.17, 15) is 9.90 Å². The van der Waals surface area contributed by atoms with E-state index in [1.165, 1.54) is 5.69 Å². The molecule has 1 aromatic heterocycles. The van der Waals surface area contributed by atoms with Gasteiger partial charge in [0.1, 0.15) is 5.75 Å². The molecular formula is C26H30ClN3O3. The lowest BCUT2D eigenvalue weighted by molar-refractivity contribution is 0.183. The topological polar surface area (TPSA) is 57.9 Å². The van der Waals surface area contributed by atoms with Crippen molar-refractivity contribution in [2.24, 2.45) is 0 Å². The lowest BCUT2D eigenvalue weighted by Crippen LogP contribution is -2.49. The fourth-order valence-corrected chi connectivity index (χ4v) is 4.69. The highest BCUT2D eigenvalue weighted by Crippen LogP contribution is 2.34. The standard InChI is InChI=1S/C26H30ClN3O3/c1-19-18-23(31)24(26(32)30(19)16-17-33-2)25(20-8-10-21(27)11-9-20)29-14-12-28(13-15-29)22-6-4-3-5-7-22/h3-11,18,25,31H,12-17H2,1-2H3. The van der Waals surface area contributed by atoms with Crippen molar-refractivity contribution in [1.29, 1.82) is 0 Å². The maximum Gasteiger partial charge on any atom is 0.259 e. The van der Waals surface area contributed by atoms with Gasteiger partial charge in [0.05, 0.1) is 18.2 Å². The summed E-state index contributed by atoms with van der Waals surface area (Å²) in [5.74, 6) is 0.0246. The number of nitrogens with zero attached hydrogens (tertiary/aromatic N) is 3. The molecule has 4 rings (SSSR count). The minimum atomic E-state index is -0.373. The van der Waals surface area contributed by atoms with E-state index in [0.717, 1.165) is 31.7 Å². The molecule has 1 atom stereocenters. The maximum atomic E-state index is 13.6. The van der Waals surface area contributed by atoms with Crippen LogP contribution in [0.5, 0.6) is 5.75 Å². The predicted molar refractivity (Wildman–Crippen MR) is 133 cm³/mol. The lowest BCUT2D eigenvalue weighted by Gasteiger charge is -2.40. The van der Waals surface area contributed by atoms with Crippen LogP contribution in [0.25, 0.3) is 0 Å². The van der Waals surface area contributed by atoms with Crippen molar-refractivity contribution in [3.8, 4) is 5.75 Å². The van der Waals surface area contributed by atoms with Crippen LogP contribution in [0.2, 0.25) is 5.02 Å². The van der Waals surface area contributed by atoms with Crippen molar-refractivity contribution in [2.45, 2.75) is 19.5 Å². The van der Waals surface area contributed by atoms with Crippen LogP contribution in [0.4, 0.5) is 5.69 Å². The summed E-state index contributed by atoms with van der Waals surface area (Å²) in [4.78, 5) is 18.2. The Morgan fingerprint density at radius 1 is 1.03 bits per heavy atom. The molecule has 6 nitrogen and oxygen atoms in total. The zero-order valence-electron chi connectivity index (χ0n) is 19.1. The maximum absolute atomic E-state index is 13.6. The highest BCUT2D eigenvalue weighted by molar-refractivity contribution is 6.30. The van der Waals surface area contributed by atoms with Gasteiger partial charge in [0.2, 0.25) is 0 Å². The second-order valence-electron chi connectivity index (χ2n) is 8.35. The summed E-state index contributed by atoms with van der Waals surface area (Å²) in [6.07, 6.45) is 0. The average Bonchev–Trinajstić information content (AvgIpc) is 2.83. The van der Waals surface area contributed by atoms with Crippen molar-refractivity contribution >= 4 is 17.3 Å². The second-order valence-corrected chi connectivity index (χ2v) is 8.78. The SMILES string of the molecule is COCCn1c(C)cc(O)c(C(c2ccc(Cl)cc2)N2CCN(c3ccccc3)CC2)c1=O. The summed E-state index contributed by atoms with van der Waals surface area (Å²) < 4.78 is 6.88. The fraction of sp³-hybridized carbons (Fsp3) is 0.346. The predicted octanol–water partition coefficient (Wildman–Crippen LogP) is 4.07. The van der Waals surface area contributed by atoms with E-state index < -0.39 is 0 Å². The summed E-state index contributed by atoms with van der Waals surface area (Å²) in [7, 11) is 1.62. The van der Waals surface area contributed by atoms with E-state index in [1.807, 2.05) is 49.4 Å². The van der Waals surface area contributed by atoms with E-state index >= 15 is 0 Å². The van der Waals surface area contributed by atoms with Gasteiger partial charge < -0.3 is 19.3 Å². The van der Waals surface area contributed by atoms with Crippen LogP contribution in [-0.4, -0.2) is 54.5 Å². The number of aryl methyl sites for hydroxylation is 1. The van der Waals surface area contributed by atoms with Gasteiger partial charge in [-0.05, 0) is 42.8 Å². The number of ether oxygens (including phenoxy) is 1. The minimum Gasteiger partial charge on any atom is -0.507 e. The number of piperazine rings is 1. The molecule has 1 fully saturated rings. The number of rotatable bonds is 7. The van der Waals surface area contributed by atoms with Gasteiger partial charge in [-0.25, -0.2) is 0 Å². The molecule has 0 bridgehead atoms. The molecule has 7 heteroatoms. The van der Waals surface area contributed by atoms with E-state index in [0.29, 0.717) is 29.4 Å².